The highest BCUT2D eigenvalue weighted by molar-refractivity contribution is 5.81. The van der Waals surface area contributed by atoms with Gasteiger partial charge in [-0.15, -0.1) is 0 Å². The molecule has 0 radical (unpaired) electrons. The third-order valence-corrected chi connectivity index (χ3v) is 3.95. The summed E-state index contributed by atoms with van der Waals surface area (Å²) in [5, 5.41) is 0. The van der Waals surface area contributed by atoms with E-state index in [1.165, 1.54) is 12.0 Å². The quantitative estimate of drug-likeness (QED) is 0.847. The van der Waals surface area contributed by atoms with Crippen molar-refractivity contribution in [3.05, 3.63) is 29.3 Å². The van der Waals surface area contributed by atoms with Crippen molar-refractivity contribution in [3.63, 3.8) is 0 Å². The van der Waals surface area contributed by atoms with Gasteiger partial charge in [0, 0.05) is 13.1 Å². The lowest BCUT2D eigenvalue weighted by Gasteiger charge is -2.32. The topological polar surface area (TPSA) is 29.5 Å². The maximum atomic E-state index is 12.4. The summed E-state index contributed by atoms with van der Waals surface area (Å²) >= 11 is 0. The Hall–Kier alpha value is -1.51. The van der Waals surface area contributed by atoms with E-state index in [1.54, 1.807) is 0 Å². The van der Waals surface area contributed by atoms with Gasteiger partial charge in [0.15, 0.2) is 6.10 Å². The molecule has 3 nitrogen and oxygen atoms in total. The molecule has 1 saturated heterocycles. The lowest BCUT2D eigenvalue weighted by molar-refractivity contribution is -0.139. The van der Waals surface area contributed by atoms with Crippen LogP contribution in [0.4, 0.5) is 0 Å². The fraction of sp³-hybridized carbons (Fsp3) is 0.588. The Morgan fingerprint density at radius 2 is 2.15 bits per heavy atom. The van der Waals surface area contributed by atoms with E-state index in [1.807, 2.05) is 30.9 Å². The van der Waals surface area contributed by atoms with Crippen molar-refractivity contribution in [3.8, 4) is 5.75 Å². The third kappa shape index (κ3) is 3.53. The van der Waals surface area contributed by atoms with Gasteiger partial charge < -0.3 is 9.64 Å². The predicted molar refractivity (Wildman–Crippen MR) is 81.0 cm³/mol. The van der Waals surface area contributed by atoms with Gasteiger partial charge in [0.05, 0.1) is 0 Å². The van der Waals surface area contributed by atoms with Gasteiger partial charge in [0.25, 0.3) is 5.91 Å². The minimum atomic E-state index is -0.415. The van der Waals surface area contributed by atoms with Gasteiger partial charge in [-0.1, -0.05) is 24.6 Å². The van der Waals surface area contributed by atoms with Crippen molar-refractivity contribution in [2.75, 3.05) is 13.1 Å². The summed E-state index contributed by atoms with van der Waals surface area (Å²) in [4.78, 5) is 14.4. The minimum Gasteiger partial charge on any atom is -0.481 e. The number of amides is 1. The first kappa shape index (κ1) is 14.9. The van der Waals surface area contributed by atoms with Crippen molar-refractivity contribution in [2.24, 2.45) is 5.92 Å². The molecule has 0 unspecified atom stereocenters. The van der Waals surface area contributed by atoms with Gasteiger partial charge in [-0.25, -0.2) is 0 Å². The van der Waals surface area contributed by atoms with Crippen LogP contribution in [0.5, 0.6) is 5.75 Å². The number of piperidine rings is 1. The zero-order valence-electron chi connectivity index (χ0n) is 13.0. The zero-order chi connectivity index (χ0) is 14.7. The van der Waals surface area contributed by atoms with Crippen LogP contribution >= 0.6 is 0 Å². The molecule has 0 aliphatic carbocycles. The van der Waals surface area contributed by atoms with Crippen molar-refractivity contribution in [1.82, 2.24) is 4.90 Å². The molecule has 1 aromatic carbocycles. The first-order valence-electron chi connectivity index (χ1n) is 7.50. The first-order chi connectivity index (χ1) is 9.47. The van der Waals surface area contributed by atoms with E-state index >= 15 is 0 Å². The van der Waals surface area contributed by atoms with Gasteiger partial charge in [0.1, 0.15) is 5.75 Å². The number of carbonyl (C=O) groups excluding carboxylic acids is 1. The van der Waals surface area contributed by atoms with E-state index in [2.05, 4.69) is 19.9 Å². The highest BCUT2D eigenvalue weighted by Gasteiger charge is 2.26. The molecule has 1 heterocycles. The Bertz CT molecular complexity index is 484. The summed E-state index contributed by atoms with van der Waals surface area (Å²) in [5.41, 5.74) is 2.29. The molecule has 2 atom stereocenters. The van der Waals surface area contributed by atoms with Crippen LogP contribution in [0.2, 0.25) is 0 Å². The van der Waals surface area contributed by atoms with Crippen molar-refractivity contribution in [1.29, 1.82) is 0 Å². The summed E-state index contributed by atoms with van der Waals surface area (Å²) in [6, 6.07) is 6.05. The number of nitrogens with zero attached hydrogens (tertiary/aromatic N) is 1. The lowest BCUT2D eigenvalue weighted by Crippen LogP contribution is -2.45. The Morgan fingerprint density at radius 3 is 2.80 bits per heavy atom. The van der Waals surface area contributed by atoms with Crippen LogP contribution in [0.1, 0.15) is 37.8 Å². The Kier molecular flexibility index (Phi) is 4.69. The van der Waals surface area contributed by atoms with Crippen LogP contribution in [0.25, 0.3) is 0 Å². The van der Waals surface area contributed by atoms with Crippen molar-refractivity contribution < 1.29 is 9.53 Å². The molecule has 1 aliphatic heterocycles. The van der Waals surface area contributed by atoms with Gasteiger partial charge in [-0.2, -0.15) is 0 Å². The van der Waals surface area contributed by atoms with Gasteiger partial charge in [-0.05, 0) is 51.2 Å². The second-order valence-electron chi connectivity index (χ2n) is 6.06. The molecule has 1 aliphatic rings. The van der Waals surface area contributed by atoms with Crippen LogP contribution < -0.4 is 4.74 Å². The third-order valence-electron chi connectivity index (χ3n) is 3.95. The fourth-order valence-electron chi connectivity index (χ4n) is 2.82. The Morgan fingerprint density at radius 1 is 1.40 bits per heavy atom. The first-order valence-corrected chi connectivity index (χ1v) is 7.50. The molecule has 0 aromatic heterocycles. The van der Waals surface area contributed by atoms with E-state index in [0.717, 1.165) is 30.8 Å². The fourth-order valence-corrected chi connectivity index (χ4v) is 2.82. The number of rotatable bonds is 3. The molecule has 0 spiro atoms. The second-order valence-corrected chi connectivity index (χ2v) is 6.06. The van der Waals surface area contributed by atoms with Crippen LogP contribution in [0, 0.1) is 19.8 Å². The number of ether oxygens (including phenoxy) is 1. The van der Waals surface area contributed by atoms with Crippen LogP contribution in [-0.4, -0.2) is 30.0 Å². The second kappa shape index (κ2) is 6.29. The van der Waals surface area contributed by atoms with E-state index in [0.29, 0.717) is 5.92 Å². The molecule has 2 rings (SSSR count). The standard InChI is InChI=1S/C17H25NO2/c1-12-7-8-16(14(3)10-12)20-15(4)17(19)18-9-5-6-13(2)11-18/h7-8,10,13,15H,5-6,9,11H2,1-4H3/t13-,15-/m0/s1. The summed E-state index contributed by atoms with van der Waals surface area (Å²) in [6.07, 6.45) is 1.90. The Labute approximate surface area is 121 Å². The monoisotopic (exact) mass is 275 g/mol. The number of benzene rings is 1. The molecule has 3 heteroatoms. The number of hydrogen-bond acceptors (Lipinski definition) is 2. The van der Waals surface area contributed by atoms with Crippen molar-refractivity contribution >= 4 is 5.91 Å². The normalized spacial score (nSPS) is 20.6. The van der Waals surface area contributed by atoms with Gasteiger partial charge >= 0.3 is 0 Å². The minimum absolute atomic E-state index is 0.108. The van der Waals surface area contributed by atoms with E-state index in [9.17, 15) is 4.79 Å². The number of likely N-dealkylation sites (tertiary alicyclic amines) is 1. The molecule has 110 valence electrons. The van der Waals surface area contributed by atoms with Crippen LogP contribution in [0.15, 0.2) is 18.2 Å². The summed E-state index contributed by atoms with van der Waals surface area (Å²) in [6.45, 7) is 9.85. The van der Waals surface area contributed by atoms with Crippen LogP contribution in [0.3, 0.4) is 0 Å². The van der Waals surface area contributed by atoms with Gasteiger partial charge in [0.2, 0.25) is 0 Å². The van der Waals surface area contributed by atoms with Gasteiger partial charge in [-0.3, -0.25) is 4.79 Å². The molecule has 1 aromatic rings. The highest BCUT2D eigenvalue weighted by atomic mass is 16.5. The van der Waals surface area contributed by atoms with E-state index in [4.69, 9.17) is 4.74 Å². The van der Waals surface area contributed by atoms with Crippen LogP contribution in [-0.2, 0) is 4.79 Å². The average molecular weight is 275 g/mol. The molecular weight excluding hydrogens is 250 g/mol. The predicted octanol–water partition coefficient (Wildman–Crippen LogP) is 3.33. The average Bonchev–Trinajstić information content (AvgIpc) is 2.41. The number of carbonyl (C=O) groups is 1. The van der Waals surface area contributed by atoms with E-state index in [-0.39, 0.29) is 5.91 Å². The molecule has 1 fully saturated rings. The molecule has 0 bridgehead atoms. The lowest BCUT2D eigenvalue weighted by atomic mass is 10.00. The van der Waals surface area contributed by atoms with Crippen molar-refractivity contribution in [2.45, 2.75) is 46.6 Å². The molecule has 0 saturated carbocycles. The summed E-state index contributed by atoms with van der Waals surface area (Å²) < 4.78 is 5.86. The number of aryl methyl sites for hydroxylation is 2. The highest BCUT2D eigenvalue weighted by Crippen LogP contribution is 2.22. The molecular formula is C17H25NO2. The summed E-state index contributed by atoms with van der Waals surface area (Å²) in [7, 11) is 0. The Balaban J connectivity index is 2.00. The number of hydrogen-bond donors (Lipinski definition) is 0. The maximum absolute atomic E-state index is 12.4. The molecule has 1 amide bonds. The zero-order valence-corrected chi connectivity index (χ0v) is 13.0. The maximum Gasteiger partial charge on any atom is 0.263 e. The largest absolute Gasteiger partial charge is 0.481 e. The van der Waals surface area contributed by atoms with E-state index < -0.39 is 6.10 Å². The summed E-state index contributed by atoms with van der Waals surface area (Å²) in [5.74, 6) is 1.51. The smallest absolute Gasteiger partial charge is 0.263 e. The SMILES string of the molecule is Cc1ccc(O[C@@H](C)C(=O)N2CCC[C@H](C)C2)c(C)c1. The molecule has 0 N–H and O–H groups in total. The molecule has 20 heavy (non-hydrogen) atoms.